The maximum atomic E-state index is 12.8. The van der Waals surface area contributed by atoms with Gasteiger partial charge in [0.1, 0.15) is 0 Å². The summed E-state index contributed by atoms with van der Waals surface area (Å²) in [5, 5.41) is 0.0334. The molecule has 0 amide bonds. The molecule has 0 aromatic rings. The van der Waals surface area contributed by atoms with Gasteiger partial charge in [0.25, 0.3) is 0 Å². The molecule has 17 heavy (non-hydrogen) atoms. The average molecular weight is 278 g/mol. The minimum atomic E-state index is -2.97. The lowest BCUT2D eigenvalue weighted by atomic mass is 10.4. The predicted octanol–water partition coefficient (Wildman–Crippen LogP) is 4.46. The van der Waals surface area contributed by atoms with Crippen LogP contribution in [0.15, 0.2) is 12.2 Å². The number of hydrogen-bond acceptors (Lipinski definition) is 3. The van der Waals surface area contributed by atoms with Crippen LogP contribution in [0, 0.1) is 0 Å². The Morgan fingerprint density at radius 1 is 1.18 bits per heavy atom. The summed E-state index contributed by atoms with van der Waals surface area (Å²) in [6.07, 6.45) is 4.84. The Balaban J connectivity index is 5.14. The van der Waals surface area contributed by atoms with Gasteiger partial charge in [-0.2, -0.15) is 0 Å². The summed E-state index contributed by atoms with van der Waals surface area (Å²) in [5.41, 5.74) is 0. The van der Waals surface area contributed by atoms with Gasteiger partial charge in [-0.1, -0.05) is 31.8 Å². The average Bonchev–Trinajstić information content (AvgIpc) is 2.16. The van der Waals surface area contributed by atoms with Crippen LogP contribution in [0.5, 0.6) is 0 Å². The first kappa shape index (κ1) is 17.1. The molecule has 0 aliphatic heterocycles. The van der Waals surface area contributed by atoms with E-state index < -0.39 is 15.7 Å². The van der Waals surface area contributed by atoms with E-state index in [1.54, 1.807) is 0 Å². The Morgan fingerprint density at radius 3 is 1.94 bits per heavy atom. The van der Waals surface area contributed by atoms with Crippen molar-refractivity contribution < 1.29 is 13.6 Å². The monoisotopic (exact) mass is 278 g/mol. The van der Waals surface area contributed by atoms with Gasteiger partial charge in [-0.25, -0.2) is 0 Å². The maximum absolute atomic E-state index is 12.8. The quantitative estimate of drug-likeness (QED) is 0.373. The molecule has 5 heteroatoms. The molecule has 0 heterocycles. The zero-order chi connectivity index (χ0) is 13.5. The zero-order valence-corrected chi connectivity index (χ0v) is 13.9. The second-order valence-electron chi connectivity index (χ2n) is 5.06. The second kappa shape index (κ2) is 7.52. The molecular weight excluding hydrogens is 251 g/mol. The number of allylic oxidation sites excluding steroid dienone is 2. The van der Waals surface area contributed by atoms with Crippen LogP contribution in [-0.4, -0.2) is 26.6 Å². The molecular formula is C12H27O3PSi. The fourth-order valence-electron chi connectivity index (χ4n) is 1.80. The molecule has 0 bridgehead atoms. The van der Waals surface area contributed by atoms with Gasteiger partial charge in [0, 0.05) is 0 Å². The van der Waals surface area contributed by atoms with Crippen LogP contribution in [0.2, 0.25) is 19.6 Å². The highest BCUT2D eigenvalue weighted by atomic mass is 31.2. The van der Waals surface area contributed by atoms with Crippen molar-refractivity contribution in [2.75, 3.05) is 13.2 Å². The molecule has 3 nitrogen and oxygen atoms in total. The van der Waals surface area contributed by atoms with Gasteiger partial charge in [0.15, 0.2) is 0 Å². The van der Waals surface area contributed by atoms with Gasteiger partial charge in [0.05, 0.1) is 26.6 Å². The molecule has 0 fully saturated rings. The summed E-state index contributed by atoms with van der Waals surface area (Å²) in [4.78, 5) is 0. The Bertz CT molecular complexity index is 274. The summed E-state index contributed by atoms with van der Waals surface area (Å²) >= 11 is 0. The van der Waals surface area contributed by atoms with E-state index in [0.29, 0.717) is 13.2 Å². The standard InChI is InChI=1S/C12H27O3PSi/c1-7-10-11-12(17(4,5)6)16(13,14-8-2)15-9-3/h7,10,12H,8-9,11H2,1-6H3/b10-7+. The largest absolute Gasteiger partial charge is 0.331 e. The molecule has 0 aliphatic rings. The number of hydrogen-bond donors (Lipinski definition) is 0. The van der Waals surface area contributed by atoms with E-state index in [1.807, 2.05) is 26.8 Å². The van der Waals surface area contributed by atoms with Gasteiger partial charge in [-0.05, 0) is 27.2 Å². The van der Waals surface area contributed by atoms with Crippen LogP contribution in [0.4, 0.5) is 0 Å². The number of rotatable bonds is 8. The molecule has 0 spiro atoms. The summed E-state index contributed by atoms with van der Waals surface area (Å²) in [7, 11) is -4.57. The van der Waals surface area contributed by atoms with Crippen molar-refractivity contribution in [3.05, 3.63) is 12.2 Å². The van der Waals surface area contributed by atoms with Crippen LogP contribution < -0.4 is 0 Å². The first-order chi connectivity index (χ1) is 7.81. The molecule has 0 rings (SSSR count). The Hall–Kier alpha value is 0.107. The molecule has 1 atom stereocenters. The third-order valence-electron chi connectivity index (χ3n) is 2.59. The van der Waals surface area contributed by atoms with Crippen LogP contribution >= 0.6 is 7.60 Å². The lowest BCUT2D eigenvalue weighted by Crippen LogP contribution is -2.38. The fraction of sp³-hybridized carbons (Fsp3) is 0.833. The van der Waals surface area contributed by atoms with Crippen molar-refractivity contribution in [1.82, 2.24) is 0 Å². The van der Waals surface area contributed by atoms with E-state index in [-0.39, 0.29) is 5.28 Å². The lowest BCUT2D eigenvalue weighted by Gasteiger charge is -2.33. The van der Waals surface area contributed by atoms with E-state index in [2.05, 4.69) is 25.7 Å². The van der Waals surface area contributed by atoms with Crippen molar-refractivity contribution in [2.24, 2.45) is 0 Å². The molecule has 1 unspecified atom stereocenters. The van der Waals surface area contributed by atoms with Crippen molar-refractivity contribution in [1.29, 1.82) is 0 Å². The van der Waals surface area contributed by atoms with Gasteiger partial charge in [-0.15, -0.1) is 0 Å². The van der Waals surface area contributed by atoms with Crippen LogP contribution in [0.25, 0.3) is 0 Å². The third-order valence-corrected chi connectivity index (χ3v) is 10.3. The smallest absolute Gasteiger partial charge is 0.309 e. The van der Waals surface area contributed by atoms with Gasteiger partial charge in [-0.3, -0.25) is 4.57 Å². The minimum Gasteiger partial charge on any atom is -0.309 e. The van der Waals surface area contributed by atoms with Gasteiger partial charge < -0.3 is 9.05 Å². The highest BCUT2D eigenvalue weighted by molar-refractivity contribution is 7.58. The fourth-order valence-corrected chi connectivity index (χ4v) is 8.42. The highest BCUT2D eigenvalue weighted by Crippen LogP contribution is 2.57. The summed E-state index contributed by atoms with van der Waals surface area (Å²) < 4.78 is 23.8. The van der Waals surface area contributed by atoms with Crippen molar-refractivity contribution in [2.45, 2.75) is 52.1 Å². The third kappa shape index (κ3) is 5.52. The first-order valence-electron chi connectivity index (χ1n) is 6.31. The summed E-state index contributed by atoms with van der Waals surface area (Å²) in [5.74, 6) is 0. The van der Waals surface area contributed by atoms with Crippen molar-refractivity contribution in [3.8, 4) is 0 Å². The summed E-state index contributed by atoms with van der Waals surface area (Å²) in [6, 6.07) is 0. The second-order valence-corrected chi connectivity index (χ2v) is 13.2. The van der Waals surface area contributed by atoms with E-state index in [1.165, 1.54) is 0 Å². The predicted molar refractivity (Wildman–Crippen MR) is 77.4 cm³/mol. The maximum Gasteiger partial charge on any atom is 0.331 e. The normalized spacial score (nSPS) is 15.4. The topological polar surface area (TPSA) is 35.5 Å². The molecule has 0 N–H and O–H groups in total. The van der Waals surface area contributed by atoms with Crippen LogP contribution in [-0.2, 0) is 13.6 Å². The van der Waals surface area contributed by atoms with Crippen molar-refractivity contribution >= 4 is 15.7 Å². The molecule has 102 valence electrons. The SMILES string of the molecule is C/C=C/CC([Si](C)(C)C)P(=O)(OCC)OCC. The van der Waals surface area contributed by atoms with Crippen LogP contribution in [0.3, 0.4) is 0 Å². The molecule has 0 radical (unpaired) electrons. The molecule has 0 aromatic heterocycles. The Labute approximate surface area is 107 Å². The first-order valence-corrected chi connectivity index (χ1v) is 11.5. The molecule has 0 aliphatic carbocycles. The van der Waals surface area contributed by atoms with E-state index in [0.717, 1.165) is 6.42 Å². The molecule has 0 saturated heterocycles. The minimum absolute atomic E-state index is 0.0334. The molecule has 0 aromatic carbocycles. The van der Waals surface area contributed by atoms with Crippen molar-refractivity contribution in [3.63, 3.8) is 0 Å². The van der Waals surface area contributed by atoms with Gasteiger partial charge >= 0.3 is 7.60 Å². The van der Waals surface area contributed by atoms with Crippen LogP contribution in [0.1, 0.15) is 27.2 Å². The van der Waals surface area contributed by atoms with Gasteiger partial charge in [0.2, 0.25) is 0 Å². The Kier molecular flexibility index (Phi) is 7.57. The molecule has 0 saturated carbocycles. The Morgan fingerprint density at radius 2 is 1.65 bits per heavy atom. The van der Waals surface area contributed by atoms with E-state index >= 15 is 0 Å². The summed E-state index contributed by atoms with van der Waals surface area (Å²) in [6.45, 7) is 13.2. The zero-order valence-electron chi connectivity index (χ0n) is 12.0. The van der Waals surface area contributed by atoms with E-state index in [4.69, 9.17) is 9.05 Å². The highest BCUT2D eigenvalue weighted by Gasteiger charge is 2.43. The lowest BCUT2D eigenvalue weighted by molar-refractivity contribution is 0.217. The van der Waals surface area contributed by atoms with E-state index in [9.17, 15) is 4.57 Å².